The summed E-state index contributed by atoms with van der Waals surface area (Å²) in [7, 11) is -3.00. The summed E-state index contributed by atoms with van der Waals surface area (Å²) in [6, 6.07) is 0. The number of rotatable bonds is 7. The Bertz CT molecular complexity index is 359. The minimum absolute atomic E-state index is 0.0590. The maximum Gasteiger partial charge on any atom is 0.166 e. The van der Waals surface area contributed by atoms with Gasteiger partial charge in [0.25, 0.3) is 0 Å². The molecule has 0 aromatic carbocycles. The molecule has 1 rings (SSSR count). The molecule has 0 saturated carbocycles. The molecular weight excluding hydrogens is 280 g/mol. The molecule has 1 atom stereocenters. The van der Waals surface area contributed by atoms with Gasteiger partial charge in [-0.15, -0.1) is 0 Å². The molecule has 0 spiro atoms. The number of nitrogens with zero attached hydrogens (tertiary/aromatic N) is 1. The van der Waals surface area contributed by atoms with Crippen molar-refractivity contribution >= 4 is 21.6 Å². The molecule has 1 saturated heterocycles. The molecule has 1 heterocycles. The Balaban J connectivity index is 2.89. The topological polar surface area (TPSA) is 63.4 Å². The van der Waals surface area contributed by atoms with E-state index in [1.165, 1.54) is 0 Å². The van der Waals surface area contributed by atoms with Gasteiger partial charge in [0.15, 0.2) is 9.84 Å². The second-order valence-corrected chi connectivity index (χ2v) is 8.96. The Kier molecular flexibility index (Phi) is 6.63. The summed E-state index contributed by atoms with van der Waals surface area (Å²) < 4.78 is 24.5. The van der Waals surface area contributed by atoms with Crippen molar-refractivity contribution < 1.29 is 8.42 Å². The van der Waals surface area contributed by atoms with Crippen LogP contribution in [-0.2, 0) is 9.84 Å². The van der Waals surface area contributed by atoms with Crippen LogP contribution in [0.1, 0.15) is 33.6 Å². The van der Waals surface area contributed by atoms with Gasteiger partial charge in [-0.2, -0.15) is 11.8 Å². The highest BCUT2D eigenvalue weighted by molar-refractivity contribution is 8.01. The van der Waals surface area contributed by atoms with E-state index in [0.29, 0.717) is 12.3 Å². The van der Waals surface area contributed by atoms with Crippen molar-refractivity contribution in [2.75, 3.05) is 36.9 Å². The summed E-state index contributed by atoms with van der Waals surface area (Å²) in [6.07, 6.45) is 2.01. The third-order valence-electron chi connectivity index (χ3n) is 4.48. The average Bonchev–Trinajstić information content (AvgIpc) is 2.45. The van der Waals surface area contributed by atoms with Gasteiger partial charge in [0.1, 0.15) is 5.37 Å². The molecule has 1 aliphatic heterocycles. The Morgan fingerprint density at radius 1 is 1.32 bits per heavy atom. The molecule has 0 aromatic rings. The lowest BCUT2D eigenvalue weighted by Crippen LogP contribution is -2.53. The van der Waals surface area contributed by atoms with E-state index in [4.69, 9.17) is 5.73 Å². The molecular formula is C13H28N2O2S2. The minimum Gasteiger partial charge on any atom is -0.330 e. The lowest BCUT2D eigenvalue weighted by molar-refractivity contribution is 0.140. The van der Waals surface area contributed by atoms with E-state index in [0.717, 1.165) is 31.7 Å². The Morgan fingerprint density at radius 3 is 2.42 bits per heavy atom. The van der Waals surface area contributed by atoms with E-state index in [2.05, 4.69) is 18.7 Å². The highest BCUT2D eigenvalue weighted by Gasteiger charge is 2.37. The largest absolute Gasteiger partial charge is 0.330 e. The third-order valence-corrected chi connectivity index (χ3v) is 7.81. The Hall–Kier alpha value is 0.220. The number of hydrogen-bond acceptors (Lipinski definition) is 5. The molecule has 0 aliphatic carbocycles. The first-order valence-electron chi connectivity index (χ1n) is 7.18. The number of nitrogens with two attached hydrogens (primary N) is 1. The SMILES string of the molecule is CCC(CC)(CN)CN1CCSCC1S(=O)(=O)CC. The van der Waals surface area contributed by atoms with Crippen LogP contribution in [-0.4, -0.2) is 55.6 Å². The van der Waals surface area contributed by atoms with Crippen LogP contribution in [0.15, 0.2) is 0 Å². The standard InChI is InChI=1S/C13H28N2O2S2/c1-4-13(5-2,10-14)11-15-7-8-18-9-12(15)19(16,17)6-3/h12H,4-11,14H2,1-3H3. The molecule has 1 unspecified atom stereocenters. The first kappa shape index (κ1) is 17.3. The molecule has 0 aromatic heterocycles. The van der Waals surface area contributed by atoms with Gasteiger partial charge in [0.05, 0.1) is 0 Å². The van der Waals surface area contributed by atoms with Gasteiger partial charge in [0.2, 0.25) is 0 Å². The van der Waals surface area contributed by atoms with Crippen molar-refractivity contribution in [3.63, 3.8) is 0 Å². The second-order valence-electron chi connectivity index (χ2n) is 5.36. The number of sulfone groups is 1. The summed E-state index contributed by atoms with van der Waals surface area (Å²) in [6.45, 7) is 8.33. The summed E-state index contributed by atoms with van der Waals surface area (Å²) in [5.41, 5.74) is 6.01. The zero-order valence-electron chi connectivity index (χ0n) is 12.4. The van der Waals surface area contributed by atoms with Crippen LogP contribution >= 0.6 is 11.8 Å². The molecule has 19 heavy (non-hydrogen) atoms. The molecule has 1 aliphatic rings. The normalized spacial score (nSPS) is 22.6. The minimum atomic E-state index is -3.00. The quantitative estimate of drug-likeness (QED) is 0.773. The number of thioether (sulfide) groups is 1. The van der Waals surface area contributed by atoms with E-state index in [1.54, 1.807) is 18.7 Å². The van der Waals surface area contributed by atoms with Crippen LogP contribution in [0.5, 0.6) is 0 Å². The molecule has 0 amide bonds. The molecule has 4 nitrogen and oxygen atoms in total. The van der Waals surface area contributed by atoms with E-state index in [1.807, 2.05) is 0 Å². The zero-order chi connectivity index (χ0) is 14.5. The summed E-state index contributed by atoms with van der Waals surface area (Å²) >= 11 is 1.75. The highest BCUT2D eigenvalue weighted by Crippen LogP contribution is 2.30. The monoisotopic (exact) mass is 308 g/mol. The molecule has 6 heteroatoms. The van der Waals surface area contributed by atoms with Crippen molar-refractivity contribution in [2.45, 2.75) is 39.0 Å². The fourth-order valence-electron chi connectivity index (χ4n) is 2.58. The Morgan fingerprint density at radius 2 is 1.95 bits per heavy atom. The van der Waals surface area contributed by atoms with Gasteiger partial charge in [-0.05, 0) is 24.8 Å². The van der Waals surface area contributed by atoms with Crippen LogP contribution < -0.4 is 5.73 Å². The fraction of sp³-hybridized carbons (Fsp3) is 1.00. The van der Waals surface area contributed by atoms with E-state index < -0.39 is 9.84 Å². The predicted octanol–water partition coefficient (Wildman–Crippen LogP) is 1.56. The van der Waals surface area contributed by atoms with Crippen LogP contribution in [0.25, 0.3) is 0 Å². The third kappa shape index (κ3) is 4.09. The average molecular weight is 309 g/mol. The van der Waals surface area contributed by atoms with E-state index >= 15 is 0 Å². The predicted molar refractivity (Wildman–Crippen MR) is 84.2 cm³/mol. The van der Waals surface area contributed by atoms with Crippen LogP contribution in [0.3, 0.4) is 0 Å². The van der Waals surface area contributed by atoms with Crippen molar-refractivity contribution in [2.24, 2.45) is 11.1 Å². The van der Waals surface area contributed by atoms with E-state index in [-0.39, 0.29) is 16.5 Å². The van der Waals surface area contributed by atoms with Crippen molar-refractivity contribution in [1.82, 2.24) is 4.90 Å². The molecule has 0 radical (unpaired) electrons. The maximum atomic E-state index is 12.2. The second kappa shape index (κ2) is 7.29. The smallest absolute Gasteiger partial charge is 0.166 e. The summed E-state index contributed by atoms with van der Waals surface area (Å²) in [5, 5.41) is -0.319. The molecule has 114 valence electrons. The van der Waals surface area contributed by atoms with Crippen molar-refractivity contribution in [3.05, 3.63) is 0 Å². The van der Waals surface area contributed by atoms with Gasteiger partial charge in [-0.3, -0.25) is 4.90 Å². The van der Waals surface area contributed by atoms with Gasteiger partial charge >= 0.3 is 0 Å². The van der Waals surface area contributed by atoms with Crippen molar-refractivity contribution in [1.29, 1.82) is 0 Å². The molecule has 2 N–H and O–H groups in total. The van der Waals surface area contributed by atoms with Gasteiger partial charge < -0.3 is 5.73 Å². The van der Waals surface area contributed by atoms with Gasteiger partial charge in [-0.25, -0.2) is 8.42 Å². The zero-order valence-corrected chi connectivity index (χ0v) is 14.0. The first-order chi connectivity index (χ1) is 8.94. The first-order valence-corrected chi connectivity index (χ1v) is 10.0. The number of hydrogen-bond donors (Lipinski definition) is 1. The molecule has 1 fully saturated rings. The van der Waals surface area contributed by atoms with E-state index in [9.17, 15) is 8.42 Å². The highest BCUT2D eigenvalue weighted by atomic mass is 32.2. The maximum absolute atomic E-state index is 12.2. The van der Waals surface area contributed by atoms with Gasteiger partial charge in [0, 0.05) is 30.3 Å². The lowest BCUT2D eigenvalue weighted by Gasteiger charge is -2.41. The Labute approximate surface area is 122 Å². The van der Waals surface area contributed by atoms with Crippen LogP contribution in [0, 0.1) is 5.41 Å². The fourth-order valence-corrected chi connectivity index (χ4v) is 5.66. The summed E-state index contributed by atoms with van der Waals surface area (Å²) in [4.78, 5) is 2.16. The van der Waals surface area contributed by atoms with Crippen molar-refractivity contribution in [3.8, 4) is 0 Å². The summed E-state index contributed by atoms with van der Waals surface area (Å²) in [5.74, 6) is 1.94. The molecule has 0 bridgehead atoms. The lowest BCUT2D eigenvalue weighted by atomic mass is 9.82. The van der Waals surface area contributed by atoms with Crippen LogP contribution in [0.2, 0.25) is 0 Å². The van der Waals surface area contributed by atoms with Crippen LogP contribution in [0.4, 0.5) is 0 Å². The van der Waals surface area contributed by atoms with Gasteiger partial charge in [-0.1, -0.05) is 20.8 Å².